The number of hydrogen-bond acceptors (Lipinski definition) is 0. The van der Waals surface area contributed by atoms with Crippen molar-refractivity contribution < 1.29 is 18.8 Å². The molecule has 0 nitrogen and oxygen atoms in total. The van der Waals surface area contributed by atoms with Crippen LogP contribution in [0.25, 0.3) is 0 Å². The molecule has 202 valence electrons. The van der Waals surface area contributed by atoms with Crippen molar-refractivity contribution in [3.63, 3.8) is 0 Å². The van der Waals surface area contributed by atoms with Crippen molar-refractivity contribution in [1.82, 2.24) is 0 Å². The second-order valence-corrected chi connectivity index (χ2v) is 23.1. The quantitative estimate of drug-likeness (QED) is 0.125. The van der Waals surface area contributed by atoms with Crippen LogP contribution in [0, 0.1) is 0 Å². The summed E-state index contributed by atoms with van der Waals surface area (Å²) in [6.07, 6.45) is 2.73. The van der Waals surface area contributed by atoms with Gasteiger partial charge < -0.3 is 0 Å². The Labute approximate surface area is 260 Å². The van der Waals surface area contributed by atoms with Crippen LogP contribution in [-0.4, -0.2) is 41.6 Å². The summed E-state index contributed by atoms with van der Waals surface area (Å²) >= 11 is -1.59. The Balaban J connectivity index is 0.00000172. The second kappa shape index (κ2) is 17.4. The number of rotatable bonds is 11. The van der Waals surface area contributed by atoms with Crippen LogP contribution in [0.15, 0.2) is 152 Å². The van der Waals surface area contributed by atoms with Gasteiger partial charge >= 0.3 is 263 Å². The third-order valence-corrected chi connectivity index (χ3v) is 23.8. The summed E-state index contributed by atoms with van der Waals surface area (Å²) in [7, 11) is 3.95. The molecule has 0 aliphatic carbocycles. The van der Waals surface area contributed by atoms with Crippen molar-refractivity contribution in [2.24, 2.45) is 0 Å². The molecule has 0 bridgehead atoms. The topological polar surface area (TPSA) is 0 Å². The molecule has 5 rings (SSSR count). The van der Waals surface area contributed by atoms with E-state index in [0.717, 1.165) is 0 Å². The Hall–Kier alpha value is -1.37. The van der Waals surface area contributed by atoms with E-state index in [4.69, 9.17) is 0 Å². The molecule has 0 aliphatic heterocycles. The minimum atomic E-state index is -1.60. The van der Waals surface area contributed by atoms with Crippen LogP contribution in [0.5, 0.6) is 0 Å². The van der Waals surface area contributed by atoms with Gasteiger partial charge in [-0.25, -0.2) is 0 Å². The van der Waals surface area contributed by atoms with Gasteiger partial charge in [0.05, 0.1) is 0 Å². The van der Waals surface area contributed by atoms with E-state index in [0.29, 0.717) is 0 Å². The molecule has 0 spiro atoms. The van der Waals surface area contributed by atoms with E-state index in [1.165, 1.54) is 22.7 Å². The van der Waals surface area contributed by atoms with Gasteiger partial charge in [-0.1, -0.05) is 0 Å². The van der Waals surface area contributed by atoms with Crippen LogP contribution in [0.4, 0.5) is 0 Å². The molecule has 0 saturated carbocycles. The second-order valence-electron chi connectivity index (χ2n) is 9.39. The van der Waals surface area contributed by atoms with Gasteiger partial charge in [-0.15, -0.1) is 0 Å². The Morgan fingerprint density at radius 3 is 0.949 bits per heavy atom. The van der Waals surface area contributed by atoms with Gasteiger partial charge in [0.1, 0.15) is 0 Å². The predicted octanol–water partition coefficient (Wildman–Crippen LogP) is 5.30. The normalized spacial score (nSPS) is 10.9. The third-order valence-electron chi connectivity index (χ3n) is 7.02. The fraction of sp³-hybridized carbons (Fsp3) is 0.118. The average molecular weight is 856 g/mol. The summed E-state index contributed by atoms with van der Waals surface area (Å²) in [5, 5.41) is 4.34. The van der Waals surface area contributed by atoms with Gasteiger partial charge in [0.15, 0.2) is 0 Å². The molecule has 39 heavy (non-hydrogen) atoms. The van der Waals surface area contributed by atoms with Crippen LogP contribution < -0.4 is 22.7 Å². The van der Waals surface area contributed by atoms with Crippen molar-refractivity contribution in [2.75, 3.05) is 12.3 Å². The van der Waals surface area contributed by atoms with Crippen LogP contribution in [-0.2, 0) is 18.8 Å². The zero-order valence-electron chi connectivity index (χ0n) is 22.0. The predicted molar refractivity (Wildman–Crippen MR) is 178 cm³/mol. The molecule has 0 atom stereocenters. The van der Waals surface area contributed by atoms with Crippen molar-refractivity contribution in [3.8, 4) is 0 Å². The fourth-order valence-corrected chi connectivity index (χ4v) is 23.5. The molecule has 0 fully saturated rings. The minimum absolute atomic E-state index is 0.657. The first kappa shape index (κ1) is 30.6. The summed E-state index contributed by atoms with van der Waals surface area (Å²) in [6.45, 7) is 0. The third kappa shape index (κ3) is 9.32. The Kier molecular flexibility index (Phi) is 13.7. The molecular weight excluding hydrogens is 820 g/mol. The Morgan fingerprint density at radius 1 is 0.410 bits per heavy atom. The summed E-state index contributed by atoms with van der Waals surface area (Å²) in [5.41, 5.74) is 0. The molecule has 0 saturated heterocycles. The van der Waals surface area contributed by atoms with Crippen LogP contribution in [0.3, 0.4) is 0 Å². The van der Waals surface area contributed by atoms with Gasteiger partial charge in [0, 0.05) is 0 Å². The molecule has 5 aromatic rings. The summed E-state index contributed by atoms with van der Waals surface area (Å²) in [5.74, 6) is 0. The van der Waals surface area contributed by atoms with Crippen LogP contribution in [0.2, 0.25) is 10.4 Å². The first-order chi connectivity index (χ1) is 19.4. The summed E-state index contributed by atoms with van der Waals surface area (Å²) in [4.78, 5) is 0. The van der Waals surface area contributed by atoms with Crippen molar-refractivity contribution >= 4 is 69.4 Å². The van der Waals surface area contributed by atoms with Gasteiger partial charge in [0.2, 0.25) is 0 Å². The number of benzene rings is 5. The zero-order chi connectivity index (χ0) is 27.1. The van der Waals surface area contributed by atoms with Crippen molar-refractivity contribution in [1.29, 1.82) is 0 Å². The van der Waals surface area contributed by atoms with Crippen molar-refractivity contribution in [2.45, 2.75) is 10.4 Å². The van der Waals surface area contributed by atoms with Crippen molar-refractivity contribution in [3.05, 3.63) is 152 Å². The summed E-state index contributed by atoms with van der Waals surface area (Å²) in [6, 6.07) is 57.0. The maximum atomic E-state index is 4.61. The van der Waals surface area contributed by atoms with E-state index in [9.17, 15) is 0 Å². The van der Waals surface area contributed by atoms with E-state index in [-0.39, 0.29) is 0 Å². The standard InChI is InChI=1S/C34H35As2P.ClH.Pt/c1-6-16-30(17-7-1)35(31-18-8-2-9-19-31)26-28-37(34-24-14-5-15-25-34)29-27-36(32-20-10-3-11-21-32)33-22-12-4-13-23-33;;/h1-25,35-36H,26-29H2;1H;/q;;+2. The monoisotopic (exact) mass is 855 g/mol. The van der Waals surface area contributed by atoms with E-state index in [2.05, 4.69) is 161 Å². The summed E-state index contributed by atoms with van der Waals surface area (Å²) < 4.78 is 6.41. The zero-order valence-corrected chi connectivity index (χ0v) is 30.2. The molecule has 5 heteroatoms. The fourth-order valence-electron chi connectivity index (χ4n) is 5.11. The molecule has 5 aromatic carbocycles. The molecule has 0 unspecified atom stereocenters. The molecule has 0 amide bonds. The SMILES string of the molecule is [Cl][Pt+].c1ccc([PH+](CC[AsH](c2ccccc2)c2ccccc2)CC[AsH](c2ccccc2)c2ccccc2)cc1. The van der Waals surface area contributed by atoms with Crippen LogP contribution >= 0.6 is 17.3 Å². The van der Waals surface area contributed by atoms with Gasteiger partial charge in [0.25, 0.3) is 0 Å². The van der Waals surface area contributed by atoms with E-state index in [1.54, 1.807) is 41.5 Å². The van der Waals surface area contributed by atoms with Gasteiger partial charge in [-0.3, -0.25) is 0 Å². The van der Waals surface area contributed by atoms with E-state index >= 15 is 0 Å². The van der Waals surface area contributed by atoms with E-state index in [1.807, 2.05) is 0 Å². The molecular formula is C34H36As2ClPPt+2. The Morgan fingerprint density at radius 2 is 0.667 bits per heavy atom. The number of hydrogen-bond donors (Lipinski definition) is 0. The molecule has 0 N–H and O–H groups in total. The Bertz CT molecular complexity index is 1160. The molecule has 0 aliphatic rings. The van der Waals surface area contributed by atoms with Gasteiger partial charge in [-0.05, 0) is 0 Å². The number of halogens is 1. The van der Waals surface area contributed by atoms with Gasteiger partial charge in [-0.2, -0.15) is 0 Å². The first-order valence-corrected chi connectivity index (χ1v) is 25.2. The van der Waals surface area contributed by atoms with E-state index < -0.39 is 37.2 Å². The molecule has 2 radical (unpaired) electrons. The van der Waals surface area contributed by atoms with Crippen LogP contribution in [0.1, 0.15) is 0 Å². The maximum absolute atomic E-state index is 4.61. The first-order valence-electron chi connectivity index (χ1n) is 13.3. The average Bonchev–Trinajstić information content (AvgIpc) is 3.04. The molecule has 0 heterocycles. The molecule has 0 aromatic heterocycles.